The van der Waals surface area contributed by atoms with Crippen molar-refractivity contribution in [3.05, 3.63) is 88.9 Å². The lowest BCUT2D eigenvalue weighted by Crippen LogP contribution is -2.35. The molecular weight excluding hydrogens is 404 g/mol. The predicted octanol–water partition coefficient (Wildman–Crippen LogP) is 4.04. The Morgan fingerprint density at radius 3 is 2.58 bits per heavy atom. The summed E-state index contributed by atoms with van der Waals surface area (Å²) in [6.07, 6.45) is 1.36. The van der Waals surface area contributed by atoms with Crippen LogP contribution >= 0.6 is 0 Å². The lowest BCUT2D eigenvalue weighted by Gasteiger charge is -2.25. The van der Waals surface area contributed by atoms with Crippen molar-refractivity contribution in [3.8, 4) is 11.8 Å². The van der Waals surface area contributed by atoms with E-state index >= 15 is 0 Å². The molecule has 1 atom stereocenters. The highest BCUT2D eigenvalue weighted by Crippen LogP contribution is 2.24. The van der Waals surface area contributed by atoms with E-state index in [1.807, 2.05) is 6.07 Å². The number of carbonyl (C=O) groups is 1. The molecule has 0 radical (unpaired) electrons. The molecule has 0 spiro atoms. The summed E-state index contributed by atoms with van der Waals surface area (Å²) in [6.45, 7) is 0.0160. The fourth-order valence-corrected chi connectivity index (χ4v) is 3.11. The number of hydrogen-bond donors (Lipinski definition) is 1. The maximum atomic E-state index is 14.2. The Labute approximate surface area is 178 Å². The zero-order chi connectivity index (χ0) is 22.4. The van der Waals surface area contributed by atoms with Crippen molar-refractivity contribution in [2.24, 2.45) is 0 Å². The first kappa shape index (κ1) is 22.0. The van der Waals surface area contributed by atoms with Gasteiger partial charge in [-0.15, -0.1) is 0 Å². The van der Waals surface area contributed by atoms with Crippen molar-refractivity contribution < 1.29 is 22.7 Å². The number of halogens is 2. The fraction of sp³-hybridized carbons (Fsp3) is 0.217. The molecule has 6 nitrogen and oxygen atoms in total. The standard InChI is InChI=1S/C23H21F2N3O3/c1-28(2)20(21-18(24)7-4-8-19(21)25)13-27-23(29)22-16(9-10-30-22)14-31-17-6-3-5-15(11-17)12-26/h3-11,20H,13-14H2,1-2H3,(H,27,29). The first-order valence-electron chi connectivity index (χ1n) is 9.48. The van der Waals surface area contributed by atoms with Crippen molar-refractivity contribution in [2.75, 3.05) is 20.6 Å². The number of benzene rings is 2. The van der Waals surface area contributed by atoms with Crippen molar-refractivity contribution in [2.45, 2.75) is 12.6 Å². The van der Waals surface area contributed by atoms with Crippen LogP contribution in [0.25, 0.3) is 0 Å². The number of ether oxygens (including phenoxy) is 1. The second-order valence-electron chi connectivity index (χ2n) is 7.03. The van der Waals surface area contributed by atoms with E-state index in [1.54, 1.807) is 49.3 Å². The van der Waals surface area contributed by atoms with Gasteiger partial charge in [0.25, 0.3) is 5.91 Å². The van der Waals surface area contributed by atoms with Crippen LogP contribution in [0.1, 0.15) is 33.3 Å². The number of furan rings is 1. The third kappa shape index (κ3) is 5.27. The molecule has 0 aliphatic rings. The quantitative estimate of drug-likeness (QED) is 0.589. The Balaban J connectivity index is 1.68. The van der Waals surface area contributed by atoms with Gasteiger partial charge in [0.05, 0.1) is 23.9 Å². The molecule has 1 unspecified atom stereocenters. The second-order valence-corrected chi connectivity index (χ2v) is 7.03. The molecule has 0 fully saturated rings. The number of hydrogen-bond acceptors (Lipinski definition) is 5. The molecule has 1 heterocycles. The molecule has 31 heavy (non-hydrogen) atoms. The molecular formula is C23H21F2N3O3. The van der Waals surface area contributed by atoms with Crippen LogP contribution in [-0.4, -0.2) is 31.4 Å². The van der Waals surface area contributed by atoms with E-state index in [-0.39, 0.29) is 24.5 Å². The Bertz CT molecular complexity index is 1090. The molecule has 160 valence electrons. The summed E-state index contributed by atoms with van der Waals surface area (Å²) in [7, 11) is 3.34. The van der Waals surface area contributed by atoms with E-state index in [0.29, 0.717) is 16.9 Å². The maximum absolute atomic E-state index is 14.2. The van der Waals surface area contributed by atoms with E-state index in [9.17, 15) is 13.6 Å². The molecule has 3 rings (SSSR count). The van der Waals surface area contributed by atoms with E-state index in [1.165, 1.54) is 24.5 Å². The van der Waals surface area contributed by atoms with Gasteiger partial charge in [0.15, 0.2) is 5.76 Å². The molecule has 3 aromatic rings. The van der Waals surface area contributed by atoms with Gasteiger partial charge in [-0.3, -0.25) is 4.79 Å². The number of nitrogens with one attached hydrogen (secondary N) is 1. The number of nitrogens with zero attached hydrogens (tertiary/aromatic N) is 2. The zero-order valence-corrected chi connectivity index (χ0v) is 17.1. The van der Waals surface area contributed by atoms with Crippen LogP contribution in [-0.2, 0) is 6.61 Å². The summed E-state index contributed by atoms with van der Waals surface area (Å²) in [5, 5.41) is 11.6. The van der Waals surface area contributed by atoms with Crippen LogP contribution < -0.4 is 10.1 Å². The van der Waals surface area contributed by atoms with Gasteiger partial charge < -0.3 is 19.4 Å². The highest BCUT2D eigenvalue weighted by molar-refractivity contribution is 5.92. The normalized spacial score (nSPS) is 11.7. The number of likely N-dealkylation sites (N-methyl/N-ethyl adjacent to an activating group) is 1. The van der Waals surface area contributed by atoms with Crippen LogP contribution in [0.3, 0.4) is 0 Å². The Kier molecular flexibility index (Phi) is 7.00. The Morgan fingerprint density at radius 1 is 1.19 bits per heavy atom. The largest absolute Gasteiger partial charge is 0.489 e. The van der Waals surface area contributed by atoms with Crippen molar-refractivity contribution in [1.82, 2.24) is 10.2 Å². The van der Waals surface area contributed by atoms with E-state index in [4.69, 9.17) is 14.4 Å². The van der Waals surface area contributed by atoms with Gasteiger partial charge in [-0.2, -0.15) is 5.26 Å². The molecule has 8 heteroatoms. The average molecular weight is 425 g/mol. The van der Waals surface area contributed by atoms with E-state index in [0.717, 1.165) is 0 Å². The highest BCUT2D eigenvalue weighted by atomic mass is 19.1. The van der Waals surface area contributed by atoms with Crippen molar-refractivity contribution in [3.63, 3.8) is 0 Å². The third-order valence-electron chi connectivity index (χ3n) is 4.72. The summed E-state index contributed by atoms with van der Waals surface area (Å²) in [4.78, 5) is 14.3. The topological polar surface area (TPSA) is 78.5 Å². The molecule has 1 amide bonds. The van der Waals surface area contributed by atoms with Gasteiger partial charge in [0, 0.05) is 17.7 Å². The molecule has 1 N–H and O–H groups in total. The molecule has 0 saturated carbocycles. The molecule has 1 aromatic heterocycles. The lowest BCUT2D eigenvalue weighted by molar-refractivity contribution is 0.0909. The van der Waals surface area contributed by atoms with Gasteiger partial charge in [-0.1, -0.05) is 12.1 Å². The minimum atomic E-state index is -0.714. The predicted molar refractivity (Wildman–Crippen MR) is 109 cm³/mol. The fourth-order valence-electron chi connectivity index (χ4n) is 3.11. The van der Waals surface area contributed by atoms with Crippen LogP contribution in [0.4, 0.5) is 8.78 Å². The van der Waals surface area contributed by atoms with Crippen LogP contribution in [0, 0.1) is 23.0 Å². The van der Waals surface area contributed by atoms with Crippen molar-refractivity contribution >= 4 is 5.91 Å². The lowest BCUT2D eigenvalue weighted by atomic mass is 10.0. The van der Waals surface area contributed by atoms with Crippen LogP contribution in [0.2, 0.25) is 0 Å². The highest BCUT2D eigenvalue weighted by Gasteiger charge is 2.24. The number of nitriles is 1. The first-order chi connectivity index (χ1) is 14.9. The molecule has 2 aromatic carbocycles. The number of amides is 1. The summed E-state index contributed by atoms with van der Waals surface area (Å²) in [5.74, 6) is -1.37. The van der Waals surface area contributed by atoms with Gasteiger partial charge >= 0.3 is 0 Å². The Morgan fingerprint density at radius 2 is 1.90 bits per heavy atom. The van der Waals surface area contributed by atoms with Gasteiger partial charge in [-0.25, -0.2) is 8.78 Å². The maximum Gasteiger partial charge on any atom is 0.287 e. The van der Waals surface area contributed by atoms with Crippen molar-refractivity contribution in [1.29, 1.82) is 5.26 Å². The zero-order valence-electron chi connectivity index (χ0n) is 17.1. The monoisotopic (exact) mass is 425 g/mol. The second kappa shape index (κ2) is 9.87. The summed E-state index contributed by atoms with van der Waals surface area (Å²) < 4.78 is 39.4. The number of rotatable bonds is 8. The first-order valence-corrected chi connectivity index (χ1v) is 9.48. The number of carbonyl (C=O) groups excluding carboxylic acids is 1. The summed E-state index contributed by atoms with van der Waals surface area (Å²) >= 11 is 0. The molecule has 0 aliphatic carbocycles. The summed E-state index contributed by atoms with van der Waals surface area (Å²) in [5.41, 5.74) is 0.837. The molecule has 0 aliphatic heterocycles. The summed E-state index contributed by atoms with van der Waals surface area (Å²) in [6, 6.07) is 13.2. The van der Waals surface area contributed by atoms with E-state index < -0.39 is 23.6 Å². The van der Waals surface area contributed by atoms with Crippen LogP contribution in [0.5, 0.6) is 5.75 Å². The SMILES string of the molecule is CN(C)C(CNC(=O)c1occc1COc1cccc(C#N)c1)c1c(F)cccc1F. The smallest absolute Gasteiger partial charge is 0.287 e. The average Bonchev–Trinajstić information content (AvgIpc) is 3.22. The minimum Gasteiger partial charge on any atom is -0.489 e. The van der Waals surface area contributed by atoms with Crippen LogP contribution in [0.15, 0.2) is 59.2 Å². The molecule has 0 bridgehead atoms. The minimum absolute atomic E-state index is 0.0328. The molecule has 0 saturated heterocycles. The van der Waals surface area contributed by atoms with E-state index in [2.05, 4.69) is 5.32 Å². The van der Waals surface area contributed by atoms with Gasteiger partial charge in [0.1, 0.15) is 24.0 Å². The Hall–Kier alpha value is -3.70. The van der Waals surface area contributed by atoms with Gasteiger partial charge in [0.2, 0.25) is 0 Å². The third-order valence-corrected chi connectivity index (χ3v) is 4.72. The van der Waals surface area contributed by atoms with Gasteiger partial charge in [-0.05, 0) is 50.5 Å².